The molecule has 0 bridgehead atoms. The molecule has 15 heavy (non-hydrogen) atoms. The third-order valence-corrected chi connectivity index (χ3v) is 2.35. The lowest BCUT2D eigenvalue weighted by molar-refractivity contribution is -0.386. The lowest BCUT2D eigenvalue weighted by atomic mass is 10.2. The molecule has 5 nitrogen and oxygen atoms in total. The summed E-state index contributed by atoms with van der Waals surface area (Å²) in [6, 6.07) is 4.71. The highest BCUT2D eigenvalue weighted by molar-refractivity contribution is 9.08. The molecule has 0 spiro atoms. The molecule has 0 saturated heterocycles. The van der Waals surface area contributed by atoms with Crippen LogP contribution in [0.5, 0.6) is 5.75 Å². The Hall–Kier alpha value is -1.14. The average molecular weight is 276 g/mol. The van der Waals surface area contributed by atoms with Crippen LogP contribution >= 0.6 is 15.9 Å². The first-order chi connectivity index (χ1) is 7.19. The molecule has 1 rings (SSSR count). The molecule has 0 aliphatic carbocycles. The first kappa shape index (κ1) is 11.9. The maximum absolute atomic E-state index is 10.7. The smallest absolute Gasteiger partial charge is 0.311 e. The van der Waals surface area contributed by atoms with Gasteiger partial charge in [0.05, 0.1) is 4.92 Å². The summed E-state index contributed by atoms with van der Waals surface area (Å²) in [5.74, 6) is 0.221. The summed E-state index contributed by atoms with van der Waals surface area (Å²) < 4.78 is 9.80. The number of rotatable bonds is 5. The highest BCUT2D eigenvalue weighted by atomic mass is 79.9. The number of hydrogen-bond donors (Lipinski definition) is 0. The van der Waals surface area contributed by atoms with E-state index in [0.717, 1.165) is 5.56 Å². The van der Waals surface area contributed by atoms with Gasteiger partial charge in [0.1, 0.15) is 0 Å². The molecule has 1 aromatic carbocycles. The van der Waals surface area contributed by atoms with Crippen LogP contribution in [0.4, 0.5) is 5.69 Å². The number of nitro groups is 1. The summed E-state index contributed by atoms with van der Waals surface area (Å²) >= 11 is 3.26. The molecular weight excluding hydrogens is 266 g/mol. The highest BCUT2D eigenvalue weighted by Gasteiger charge is 2.15. The first-order valence-electron chi connectivity index (χ1n) is 4.14. The van der Waals surface area contributed by atoms with Crippen LogP contribution in [0.1, 0.15) is 5.56 Å². The van der Waals surface area contributed by atoms with Crippen molar-refractivity contribution in [1.82, 2.24) is 0 Å². The van der Waals surface area contributed by atoms with E-state index < -0.39 is 4.92 Å². The second-order valence-electron chi connectivity index (χ2n) is 2.74. The summed E-state index contributed by atoms with van der Waals surface area (Å²) in [7, 11) is 1.46. The SMILES string of the molecule is COCOc1cc(CBr)ccc1[N+](=O)[O-]. The second kappa shape index (κ2) is 5.67. The summed E-state index contributed by atoms with van der Waals surface area (Å²) in [6.07, 6.45) is 0. The van der Waals surface area contributed by atoms with E-state index in [9.17, 15) is 10.1 Å². The van der Waals surface area contributed by atoms with Crippen molar-refractivity contribution >= 4 is 21.6 Å². The quantitative estimate of drug-likeness (QED) is 0.359. The predicted molar refractivity (Wildman–Crippen MR) is 58.2 cm³/mol. The summed E-state index contributed by atoms with van der Waals surface area (Å²) in [5, 5.41) is 11.3. The standard InChI is InChI=1S/C9H10BrNO4/c1-14-6-15-9-4-7(5-10)2-3-8(9)11(12)13/h2-4H,5-6H2,1H3. The van der Waals surface area contributed by atoms with Crippen molar-refractivity contribution in [3.05, 3.63) is 33.9 Å². The number of alkyl halides is 1. The fraction of sp³-hybridized carbons (Fsp3) is 0.333. The van der Waals surface area contributed by atoms with Crippen molar-refractivity contribution in [2.45, 2.75) is 5.33 Å². The van der Waals surface area contributed by atoms with E-state index in [2.05, 4.69) is 15.9 Å². The van der Waals surface area contributed by atoms with Gasteiger partial charge < -0.3 is 9.47 Å². The molecule has 0 atom stereocenters. The lowest BCUT2D eigenvalue weighted by Gasteiger charge is -2.06. The Kier molecular flexibility index (Phi) is 4.51. The lowest BCUT2D eigenvalue weighted by Crippen LogP contribution is -2.02. The molecule has 0 heterocycles. The molecule has 0 saturated carbocycles. The zero-order valence-corrected chi connectivity index (χ0v) is 9.69. The van der Waals surface area contributed by atoms with E-state index in [1.807, 2.05) is 0 Å². The molecule has 0 amide bonds. The van der Waals surface area contributed by atoms with Crippen molar-refractivity contribution in [3.63, 3.8) is 0 Å². The summed E-state index contributed by atoms with van der Waals surface area (Å²) in [6.45, 7) is -0.00736. The van der Waals surface area contributed by atoms with Gasteiger partial charge in [-0.05, 0) is 11.6 Å². The maximum atomic E-state index is 10.7. The van der Waals surface area contributed by atoms with Gasteiger partial charge in [0.25, 0.3) is 0 Å². The van der Waals surface area contributed by atoms with Gasteiger partial charge >= 0.3 is 5.69 Å². The zero-order valence-electron chi connectivity index (χ0n) is 8.10. The van der Waals surface area contributed by atoms with Crippen LogP contribution in [0.3, 0.4) is 0 Å². The van der Waals surface area contributed by atoms with Gasteiger partial charge in [0.2, 0.25) is 0 Å². The monoisotopic (exact) mass is 275 g/mol. The first-order valence-corrected chi connectivity index (χ1v) is 5.26. The van der Waals surface area contributed by atoms with Crippen molar-refractivity contribution in [1.29, 1.82) is 0 Å². The Labute approximate surface area is 95.3 Å². The van der Waals surface area contributed by atoms with Crippen LogP contribution in [0, 0.1) is 10.1 Å². The molecule has 1 aromatic rings. The zero-order chi connectivity index (χ0) is 11.3. The Balaban J connectivity index is 2.99. The number of hydrogen-bond acceptors (Lipinski definition) is 4. The fourth-order valence-electron chi connectivity index (χ4n) is 1.03. The van der Waals surface area contributed by atoms with E-state index in [-0.39, 0.29) is 18.2 Å². The van der Waals surface area contributed by atoms with Crippen molar-refractivity contribution in [3.8, 4) is 5.75 Å². The Bertz CT molecular complexity index is 356. The van der Waals surface area contributed by atoms with Crippen molar-refractivity contribution in [2.75, 3.05) is 13.9 Å². The minimum atomic E-state index is -0.483. The molecule has 0 radical (unpaired) electrons. The molecule has 0 unspecified atom stereocenters. The van der Waals surface area contributed by atoms with Gasteiger partial charge in [-0.2, -0.15) is 0 Å². The van der Waals surface area contributed by atoms with Crippen LogP contribution in [0.2, 0.25) is 0 Å². The van der Waals surface area contributed by atoms with Crippen molar-refractivity contribution < 1.29 is 14.4 Å². The van der Waals surface area contributed by atoms with Crippen LogP contribution < -0.4 is 4.74 Å². The normalized spacial score (nSPS) is 10.0. The number of methoxy groups -OCH3 is 1. The van der Waals surface area contributed by atoms with E-state index in [4.69, 9.17) is 9.47 Å². The Morgan fingerprint density at radius 2 is 2.27 bits per heavy atom. The average Bonchev–Trinajstić information content (AvgIpc) is 2.25. The predicted octanol–water partition coefficient (Wildman–Crippen LogP) is 2.47. The topological polar surface area (TPSA) is 61.6 Å². The molecule has 0 aliphatic rings. The van der Waals surface area contributed by atoms with Crippen LogP contribution in [-0.2, 0) is 10.1 Å². The Morgan fingerprint density at radius 1 is 1.53 bits per heavy atom. The minimum Gasteiger partial charge on any atom is -0.460 e. The van der Waals surface area contributed by atoms with Gasteiger partial charge in [-0.25, -0.2) is 0 Å². The van der Waals surface area contributed by atoms with Gasteiger partial charge in [0, 0.05) is 18.5 Å². The number of halogens is 1. The molecule has 0 N–H and O–H groups in total. The summed E-state index contributed by atoms with van der Waals surface area (Å²) in [5.41, 5.74) is 0.850. The minimum absolute atomic E-state index is 0.00736. The van der Waals surface area contributed by atoms with E-state index in [1.165, 1.54) is 13.2 Å². The molecule has 0 aromatic heterocycles. The second-order valence-corrected chi connectivity index (χ2v) is 3.30. The maximum Gasteiger partial charge on any atom is 0.311 e. The number of nitro benzene ring substituents is 1. The number of nitrogens with zero attached hydrogens (tertiary/aromatic N) is 1. The van der Waals surface area contributed by atoms with E-state index >= 15 is 0 Å². The van der Waals surface area contributed by atoms with Crippen LogP contribution in [0.15, 0.2) is 18.2 Å². The van der Waals surface area contributed by atoms with Gasteiger partial charge in [0.15, 0.2) is 12.5 Å². The molecule has 6 heteroatoms. The third kappa shape index (κ3) is 3.17. The van der Waals surface area contributed by atoms with Crippen LogP contribution in [0.25, 0.3) is 0 Å². The van der Waals surface area contributed by atoms with E-state index in [1.54, 1.807) is 12.1 Å². The molecular formula is C9H10BrNO4. The fourth-order valence-corrected chi connectivity index (χ4v) is 1.38. The highest BCUT2D eigenvalue weighted by Crippen LogP contribution is 2.28. The van der Waals surface area contributed by atoms with Gasteiger partial charge in [-0.3, -0.25) is 10.1 Å². The van der Waals surface area contributed by atoms with Gasteiger partial charge in [-0.15, -0.1) is 0 Å². The largest absolute Gasteiger partial charge is 0.460 e. The number of benzene rings is 1. The molecule has 82 valence electrons. The number of ether oxygens (including phenoxy) is 2. The molecule has 0 aliphatic heterocycles. The summed E-state index contributed by atoms with van der Waals surface area (Å²) in [4.78, 5) is 10.2. The Morgan fingerprint density at radius 3 is 2.80 bits per heavy atom. The van der Waals surface area contributed by atoms with E-state index in [0.29, 0.717) is 5.33 Å². The third-order valence-electron chi connectivity index (χ3n) is 1.71. The van der Waals surface area contributed by atoms with Crippen molar-refractivity contribution in [2.24, 2.45) is 0 Å². The molecule has 0 fully saturated rings. The van der Waals surface area contributed by atoms with Crippen LogP contribution in [-0.4, -0.2) is 18.8 Å². The van der Waals surface area contributed by atoms with Gasteiger partial charge in [-0.1, -0.05) is 22.0 Å².